The number of nitrogens with two attached hydrogens (primary N) is 1. The van der Waals surface area contributed by atoms with E-state index in [0.29, 0.717) is 10.0 Å². The number of halogens is 3. The van der Waals surface area contributed by atoms with Crippen molar-refractivity contribution < 1.29 is 0 Å². The van der Waals surface area contributed by atoms with Gasteiger partial charge in [0.15, 0.2) is 0 Å². The lowest BCUT2D eigenvalue weighted by atomic mass is 10.1. The van der Waals surface area contributed by atoms with E-state index in [2.05, 4.69) is 4.98 Å². The lowest BCUT2D eigenvalue weighted by molar-refractivity contribution is 0.816. The van der Waals surface area contributed by atoms with Gasteiger partial charge in [-0.25, -0.2) is 0 Å². The van der Waals surface area contributed by atoms with Crippen molar-refractivity contribution in [3.05, 3.63) is 28.0 Å². The Labute approximate surface area is 87.5 Å². The molecular weight excluding hydrogens is 218 g/mol. The number of nitrogens with zero attached hydrogens (tertiary/aromatic N) is 1. The number of hydrogen-bond acceptors (Lipinski definition) is 2. The smallest absolute Gasteiger partial charge is 0.0651 e. The molecule has 1 aromatic heterocycles. The first-order valence-electron chi connectivity index (χ1n) is 3.17. The summed E-state index contributed by atoms with van der Waals surface area (Å²) in [4.78, 5) is 3.81. The molecule has 1 atom stereocenters. The van der Waals surface area contributed by atoms with Crippen LogP contribution in [0.25, 0.3) is 0 Å². The summed E-state index contributed by atoms with van der Waals surface area (Å²) in [7, 11) is 0. The summed E-state index contributed by atoms with van der Waals surface area (Å²) in [6.07, 6.45) is 3.07. The van der Waals surface area contributed by atoms with Crippen LogP contribution in [0.5, 0.6) is 0 Å². The predicted octanol–water partition coefficient (Wildman–Crippen LogP) is 2.83. The molecule has 0 radical (unpaired) electrons. The summed E-state index contributed by atoms with van der Waals surface area (Å²) >= 11 is 11.6. The molecule has 0 saturated heterocycles. The number of pyridine rings is 1. The van der Waals surface area contributed by atoms with Crippen LogP contribution in [0.4, 0.5) is 0 Å². The van der Waals surface area contributed by atoms with E-state index in [4.69, 9.17) is 28.9 Å². The average Bonchev–Trinajstić information content (AvgIpc) is 1.85. The van der Waals surface area contributed by atoms with Crippen LogP contribution in [-0.4, -0.2) is 4.98 Å². The highest BCUT2D eigenvalue weighted by molar-refractivity contribution is 6.35. The maximum Gasteiger partial charge on any atom is 0.0651 e. The summed E-state index contributed by atoms with van der Waals surface area (Å²) < 4.78 is 0. The van der Waals surface area contributed by atoms with Crippen LogP contribution < -0.4 is 5.73 Å². The van der Waals surface area contributed by atoms with Gasteiger partial charge in [0.1, 0.15) is 0 Å². The van der Waals surface area contributed by atoms with Crippen molar-refractivity contribution in [1.29, 1.82) is 0 Å². The van der Waals surface area contributed by atoms with E-state index in [9.17, 15) is 0 Å². The second-order valence-corrected chi connectivity index (χ2v) is 3.12. The van der Waals surface area contributed by atoms with Crippen LogP contribution in [0.2, 0.25) is 10.0 Å². The molecule has 0 fully saturated rings. The fourth-order valence-corrected chi connectivity index (χ4v) is 1.57. The topological polar surface area (TPSA) is 38.9 Å². The van der Waals surface area contributed by atoms with Crippen molar-refractivity contribution in [2.24, 2.45) is 5.73 Å². The highest BCUT2D eigenvalue weighted by Gasteiger charge is 2.09. The van der Waals surface area contributed by atoms with E-state index in [0.717, 1.165) is 5.56 Å². The Morgan fingerprint density at radius 1 is 1.33 bits per heavy atom. The second-order valence-electron chi connectivity index (χ2n) is 2.31. The Balaban J connectivity index is 0.00000121. The van der Waals surface area contributed by atoms with Crippen molar-refractivity contribution >= 4 is 35.6 Å². The minimum atomic E-state index is -0.155. The lowest BCUT2D eigenvalue weighted by Gasteiger charge is -2.08. The summed E-state index contributed by atoms with van der Waals surface area (Å²) in [6.45, 7) is 1.83. The minimum Gasteiger partial charge on any atom is -0.324 e. The number of hydrogen-bond donors (Lipinski definition) is 1. The minimum absolute atomic E-state index is 0. The zero-order valence-electron chi connectivity index (χ0n) is 6.42. The molecule has 0 aromatic carbocycles. The van der Waals surface area contributed by atoms with Gasteiger partial charge in [-0.1, -0.05) is 23.2 Å². The molecule has 1 unspecified atom stereocenters. The predicted molar refractivity (Wildman–Crippen MR) is 54.1 cm³/mol. The van der Waals surface area contributed by atoms with Gasteiger partial charge in [-0.3, -0.25) is 4.98 Å². The highest BCUT2D eigenvalue weighted by Crippen LogP contribution is 2.27. The van der Waals surface area contributed by atoms with Crippen molar-refractivity contribution in [3.63, 3.8) is 0 Å². The third-order valence-corrected chi connectivity index (χ3v) is 1.95. The molecule has 2 N–H and O–H groups in total. The molecule has 0 spiro atoms. The first kappa shape index (κ1) is 12.0. The fraction of sp³-hybridized carbons (Fsp3) is 0.286. The van der Waals surface area contributed by atoms with E-state index >= 15 is 0 Å². The normalized spacial score (nSPS) is 12.0. The third-order valence-electron chi connectivity index (χ3n) is 1.35. The molecular formula is C7H9Cl3N2. The molecule has 1 aromatic rings. The monoisotopic (exact) mass is 226 g/mol. The van der Waals surface area contributed by atoms with Gasteiger partial charge < -0.3 is 5.73 Å². The number of rotatable bonds is 1. The van der Waals surface area contributed by atoms with Gasteiger partial charge >= 0.3 is 0 Å². The Kier molecular flexibility index (Phi) is 4.87. The maximum absolute atomic E-state index is 5.80. The molecule has 0 amide bonds. The standard InChI is InChI=1S/C7H8Cl2N2.ClH/c1-4(10)7-5(8)2-11-3-6(7)9;/h2-4H,10H2,1H3;1H. The zero-order chi connectivity index (χ0) is 8.43. The SMILES string of the molecule is CC(N)c1c(Cl)cncc1Cl.Cl. The summed E-state index contributed by atoms with van der Waals surface area (Å²) in [5, 5.41) is 1.04. The van der Waals surface area contributed by atoms with Gasteiger partial charge in [0.05, 0.1) is 10.0 Å². The van der Waals surface area contributed by atoms with Gasteiger partial charge in [0, 0.05) is 24.0 Å². The van der Waals surface area contributed by atoms with E-state index in [-0.39, 0.29) is 18.4 Å². The van der Waals surface area contributed by atoms with Gasteiger partial charge in [-0.15, -0.1) is 12.4 Å². The maximum atomic E-state index is 5.80. The second kappa shape index (κ2) is 4.87. The Morgan fingerprint density at radius 2 is 1.75 bits per heavy atom. The third kappa shape index (κ3) is 2.49. The molecule has 1 rings (SSSR count). The zero-order valence-corrected chi connectivity index (χ0v) is 8.75. The molecule has 0 bridgehead atoms. The number of aromatic nitrogens is 1. The van der Waals surface area contributed by atoms with Crippen molar-refractivity contribution in [3.8, 4) is 0 Å². The van der Waals surface area contributed by atoms with Crippen LogP contribution in [0.15, 0.2) is 12.4 Å². The quantitative estimate of drug-likeness (QED) is 0.801. The molecule has 1 heterocycles. The fourth-order valence-electron chi connectivity index (χ4n) is 0.856. The Morgan fingerprint density at radius 3 is 2.00 bits per heavy atom. The van der Waals surface area contributed by atoms with E-state index < -0.39 is 0 Å². The van der Waals surface area contributed by atoms with Gasteiger partial charge in [0.2, 0.25) is 0 Å². The molecule has 12 heavy (non-hydrogen) atoms. The average molecular weight is 228 g/mol. The largest absolute Gasteiger partial charge is 0.324 e. The Hall–Kier alpha value is -0.0200. The van der Waals surface area contributed by atoms with Crippen molar-refractivity contribution in [2.75, 3.05) is 0 Å². The summed E-state index contributed by atoms with van der Waals surface area (Å²) in [6, 6.07) is -0.155. The van der Waals surface area contributed by atoms with Crippen molar-refractivity contribution in [2.45, 2.75) is 13.0 Å². The Bertz CT molecular complexity index is 243. The molecule has 0 aliphatic heterocycles. The summed E-state index contributed by atoms with van der Waals surface area (Å²) in [5.41, 5.74) is 6.37. The van der Waals surface area contributed by atoms with Gasteiger partial charge in [-0.05, 0) is 6.92 Å². The van der Waals surface area contributed by atoms with Crippen LogP contribution in [0, 0.1) is 0 Å². The molecule has 2 nitrogen and oxygen atoms in total. The first-order valence-corrected chi connectivity index (χ1v) is 3.93. The molecule has 0 aliphatic carbocycles. The summed E-state index contributed by atoms with van der Waals surface area (Å²) in [5.74, 6) is 0. The van der Waals surface area contributed by atoms with Crippen LogP contribution in [-0.2, 0) is 0 Å². The highest BCUT2D eigenvalue weighted by atomic mass is 35.5. The van der Waals surface area contributed by atoms with Crippen LogP contribution in [0.3, 0.4) is 0 Å². The molecule has 0 aliphatic rings. The first-order chi connectivity index (χ1) is 5.13. The van der Waals surface area contributed by atoms with Crippen molar-refractivity contribution in [1.82, 2.24) is 4.98 Å². The van der Waals surface area contributed by atoms with E-state index in [1.54, 1.807) is 0 Å². The molecule has 68 valence electrons. The van der Waals surface area contributed by atoms with Gasteiger partial charge in [-0.2, -0.15) is 0 Å². The van der Waals surface area contributed by atoms with Crippen LogP contribution in [0.1, 0.15) is 18.5 Å². The van der Waals surface area contributed by atoms with Gasteiger partial charge in [0.25, 0.3) is 0 Å². The van der Waals surface area contributed by atoms with E-state index in [1.807, 2.05) is 6.92 Å². The lowest BCUT2D eigenvalue weighted by Crippen LogP contribution is -2.06. The van der Waals surface area contributed by atoms with E-state index in [1.165, 1.54) is 12.4 Å². The van der Waals surface area contributed by atoms with Crippen LogP contribution >= 0.6 is 35.6 Å². The molecule has 5 heteroatoms. The molecule has 0 saturated carbocycles.